The quantitative estimate of drug-likeness (QED) is 0.0254. The molecule has 398 valence electrons. The summed E-state index contributed by atoms with van der Waals surface area (Å²) in [5.74, 6) is -2.73. The summed E-state index contributed by atoms with van der Waals surface area (Å²) in [5.41, 5.74) is 16.5. The van der Waals surface area contributed by atoms with E-state index in [0.717, 1.165) is 27.3 Å². The smallest absolute Gasteiger partial charge is 0.407 e. The lowest BCUT2D eigenvalue weighted by Crippen LogP contribution is -2.54. The highest BCUT2D eigenvalue weighted by atomic mass is 16.5. The molecule has 75 heavy (non-hydrogen) atoms. The van der Waals surface area contributed by atoms with Crippen molar-refractivity contribution >= 4 is 64.6 Å². The normalized spacial score (nSPS) is 14.0. The van der Waals surface area contributed by atoms with Crippen LogP contribution in [0.2, 0.25) is 0 Å². The van der Waals surface area contributed by atoms with Gasteiger partial charge >= 0.3 is 12.1 Å². The Morgan fingerprint density at radius 1 is 0.827 bits per heavy atom. The van der Waals surface area contributed by atoms with Crippen LogP contribution in [-0.4, -0.2) is 125 Å². The predicted octanol–water partition coefficient (Wildman–Crippen LogP) is 3.74. The minimum Gasteiger partial charge on any atom is -0.445 e. The van der Waals surface area contributed by atoms with Gasteiger partial charge in [-0.2, -0.15) is 0 Å². The number of rotatable bonds is 27. The summed E-state index contributed by atoms with van der Waals surface area (Å²) in [6, 6.07) is 13.5. The molecular weight excluding hydrogens is 965 g/mol. The van der Waals surface area contributed by atoms with Crippen molar-refractivity contribution in [2.45, 2.75) is 90.3 Å². The first-order valence-electron chi connectivity index (χ1n) is 25.1. The average molecular weight is 1030 g/mol. The van der Waals surface area contributed by atoms with Crippen LogP contribution in [0.4, 0.5) is 26.8 Å². The number of Topliss-reactive ketones (excluding diaryl/α,β-unsaturated/α-hetero) is 1. The van der Waals surface area contributed by atoms with E-state index < -0.39 is 36.0 Å². The second-order valence-corrected chi connectivity index (χ2v) is 18.4. The molecule has 9 N–H and O–H groups in total. The second kappa shape index (κ2) is 28.3. The lowest BCUT2D eigenvalue weighted by molar-refractivity contribution is -0.137. The number of nitrogens with one attached hydrogen (secondary N) is 5. The molecule has 4 aromatic rings. The molecule has 0 aliphatic carbocycles. The number of hydrogen-bond acceptors (Lipinski definition) is 15. The molecule has 2 atom stereocenters. The lowest BCUT2D eigenvalue weighted by Gasteiger charge is -2.30. The second-order valence-electron chi connectivity index (χ2n) is 18.4. The van der Waals surface area contributed by atoms with Crippen molar-refractivity contribution in [3.05, 3.63) is 108 Å². The molecule has 0 spiro atoms. The van der Waals surface area contributed by atoms with Gasteiger partial charge in [0.05, 0.1) is 25.1 Å². The van der Waals surface area contributed by atoms with Crippen molar-refractivity contribution in [1.82, 2.24) is 41.1 Å². The van der Waals surface area contributed by atoms with Crippen LogP contribution in [0.5, 0.6) is 0 Å². The number of urea groups is 1. The van der Waals surface area contributed by atoms with Gasteiger partial charge in [0.1, 0.15) is 24.4 Å². The molecule has 6 rings (SSSR count). The Morgan fingerprint density at radius 3 is 2.31 bits per heavy atom. The Kier molecular flexibility index (Phi) is 21.1. The summed E-state index contributed by atoms with van der Waals surface area (Å²) in [4.78, 5) is 118. The summed E-state index contributed by atoms with van der Waals surface area (Å²) in [6.07, 6.45) is 10.2. The third kappa shape index (κ3) is 17.4. The van der Waals surface area contributed by atoms with Gasteiger partial charge in [-0.3, -0.25) is 38.7 Å². The topological polar surface area (TPSA) is 312 Å². The van der Waals surface area contributed by atoms with Crippen LogP contribution in [0.3, 0.4) is 0 Å². The van der Waals surface area contributed by atoms with Crippen molar-refractivity contribution in [3.8, 4) is 11.3 Å². The van der Waals surface area contributed by atoms with Gasteiger partial charge in [-0.15, -0.1) is 0 Å². The highest BCUT2D eigenvalue weighted by Gasteiger charge is 2.29. The number of aromatic nitrogens is 3. The molecular formula is C53H66N12O10. The van der Waals surface area contributed by atoms with Gasteiger partial charge in [-0.05, 0) is 79.8 Å². The summed E-state index contributed by atoms with van der Waals surface area (Å²) >= 11 is 0. The van der Waals surface area contributed by atoms with E-state index in [9.17, 15) is 38.4 Å². The monoisotopic (exact) mass is 1030 g/mol. The van der Waals surface area contributed by atoms with Crippen molar-refractivity contribution in [2.75, 3.05) is 61.9 Å². The van der Waals surface area contributed by atoms with Crippen LogP contribution in [-0.2, 0) is 52.9 Å². The first kappa shape index (κ1) is 56.0. The maximum absolute atomic E-state index is 13.6. The zero-order chi connectivity index (χ0) is 53.7. The average Bonchev–Trinajstić information content (AvgIpc) is 3.72. The Hall–Kier alpha value is -8.27. The molecule has 2 aliphatic heterocycles. The first-order valence-corrected chi connectivity index (χ1v) is 25.1. The number of nitrogen functional groups attached to an aromatic ring is 1. The maximum Gasteiger partial charge on any atom is 0.407 e. The number of nitrogens with two attached hydrogens (primary N) is 2. The molecule has 0 unspecified atom stereocenters. The van der Waals surface area contributed by atoms with Gasteiger partial charge in [-0.1, -0.05) is 50.6 Å². The SMILES string of the molecule is CC(C)[C@H](NC(=O)CCCCCN1C(=O)C=CC1=O)C(=O)N[C@@H](CCCNC(N)=O)C(=O)Nc1ccc(COC(=O)NCCCc2cccc(-c3cnc(N)c(C(=O)Cc4cnccc4N4CCOCC4)n3)c2)cc1. The van der Waals surface area contributed by atoms with E-state index in [-0.39, 0.29) is 79.9 Å². The van der Waals surface area contributed by atoms with Crippen LogP contribution < -0.4 is 43.0 Å². The standard InChI is InChI=1S/C53H66N12O10/c1-34(2)47(63-44(67)13-4-3-5-24-65-45(68)18-19-46(65)69)51(71)62-40(12-8-21-57-52(55)72)50(70)60-39-16-14-36(15-17-39)33-75-53(73)58-22-7-10-35-9-6-11-37(29-35)41-32-59-49(54)48(61-41)43(66)30-38-31-56-23-20-42(38)64-25-27-74-28-26-64/h6,9,11,14-20,23,29,31-32,34,40,47H,3-5,7-8,10,12-13,21-22,24-28,30,33H2,1-2H3,(H2,54,59)(H,58,73)(H,60,70)(H,62,71)(H,63,67)(H3,55,57,72)/t40-,47-/m0/s1. The minimum atomic E-state index is -1.05. The number of imide groups is 1. The molecule has 8 amide bonds. The zero-order valence-corrected chi connectivity index (χ0v) is 42.3. The number of amides is 8. The van der Waals surface area contributed by atoms with E-state index in [0.29, 0.717) is 88.3 Å². The third-order valence-electron chi connectivity index (χ3n) is 12.4. The largest absolute Gasteiger partial charge is 0.445 e. The fourth-order valence-electron chi connectivity index (χ4n) is 8.36. The lowest BCUT2D eigenvalue weighted by atomic mass is 10.0. The highest BCUT2D eigenvalue weighted by Crippen LogP contribution is 2.25. The van der Waals surface area contributed by atoms with Crippen molar-refractivity contribution < 1.29 is 47.8 Å². The summed E-state index contributed by atoms with van der Waals surface area (Å²) in [7, 11) is 0. The number of benzene rings is 2. The number of carbonyl (C=O) groups excluding carboxylic acids is 8. The number of morpholine rings is 1. The van der Waals surface area contributed by atoms with Crippen LogP contribution in [0, 0.1) is 5.92 Å². The van der Waals surface area contributed by atoms with E-state index in [2.05, 4.69) is 46.4 Å². The number of hydrogen-bond donors (Lipinski definition) is 7. The molecule has 2 aromatic carbocycles. The number of ketones is 1. The number of aryl methyl sites for hydroxylation is 1. The van der Waals surface area contributed by atoms with E-state index in [1.165, 1.54) is 12.2 Å². The Labute approximate surface area is 435 Å². The number of carbonyl (C=O) groups is 8. The molecule has 4 heterocycles. The first-order chi connectivity index (χ1) is 36.1. The van der Waals surface area contributed by atoms with Crippen LogP contribution >= 0.6 is 0 Å². The number of unbranched alkanes of at least 4 members (excludes halogenated alkanes) is 2. The van der Waals surface area contributed by atoms with E-state index in [4.69, 9.17) is 20.9 Å². The molecule has 2 aliphatic rings. The number of ether oxygens (including phenoxy) is 2. The molecule has 0 saturated carbocycles. The van der Waals surface area contributed by atoms with Gasteiger partial charge < -0.3 is 52.4 Å². The summed E-state index contributed by atoms with van der Waals surface area (Å²) < 4.78 is 10.9. The number of nitrogens with zero attached hydrogens (tertiary/aromatic N) is 5. The molecule has 2 aromatic heterocycles. The Bertz CT molecular complexity index is 2670. The third-order valence-corrected chi connectivity index (χ3v) is 12.4. The fraction of sp³-hybridized carbons (Fsp3) is 0.415. The Balaban J connectivity index is 0.931. The van der Waals surface area contributed by atoms with E-state index in [1.54, 1.807) is 56.7 Å². The number of anilines is 3. The number of pyridine rings is 1. The molecule has 1 saturated heterocycles. The van der Waals surface area contributed by atoms with E-state index >= 15 is 0 Å². The number of alkyl carbamates (subject to hydrolysis) is 1. The van der Waals surface area contributed by atoms with Crippen LogP contribution in [0.1, 0.15) is 86.0 Å². The zero-order valence-electron chi connectivity index (χ0n) is 42.3. The van der Waals surface area contributed by atoms with E-state index in [1.807, 2.05) is 30.3 Å². The minimum absolute atomic E-state index is 0.0430. The Morgan fingerprint density at radius 2 is 1.57 bits per heavy atom. The van der Waals surface area contributed by atoms with Crippen molar-refractivity contribution in [2.24, 2.45) is 11.7 Å². The summed E-state index contributed by atoms with van der Waals surface area (Å²) in [5, 5.41) is 13.6. The van der Waals surface area contributed by atoms with Crippen molar-refractivity contribution in [3.63, 3.8) is 0 Å². The molecule has 0 radical (unpaired) electrons. The summed E-state index contributed by atoms with van der Waals surface area (Å²) in [6.45, 7) is 6.88. The van der Waals surface area contributed by atoms with Gasteiger partial charge in [0.2, 0.25) is 17.7 Å². The maximum atomic E-state index is 13.6. The fourth-order valence-corrected chi connectivity index (χ4v) is 8.36. The molecule has 22 heteroatoms. The highest BCUT2D eigenvalue weighted by molar-refractivity contribution is 6.12. The van der Waals surface area contributed by atoms with Gasteiger partial charge in [0.25, 0.3) is 11.8 Å². The van der Waals surface area contributed by atoms with Crippen LogP contribution in [0.25, 0.3) is 11.3 Å². The van der Waals surface area contributed by atoms with Gasteiger partial charge in [-0.25, -0.2) is 19.6 Å². The number of primary amides is 1. The van der Waals surface area contributed by atoms with Crippen molar-refractivity contribution in [1.29, 1.82) is 0 Å². The van der Waals surface area contributed by atoms with Crippen LogP contribution in [0.15, 0.2) is 85.3 Å². The molecule has 22 nitrogen and oxygen atoms in total. The molecule has 0 bridgehead atoms. The van der Waals surface area contributed by atoms with Gasteiger partial charge in [0, 0.05) is 92.6 Å². The predicted molar refractivity (Wildman–Crippen MR) is 279 cm³/mol. The molecule has 1 fully saturated rings. The van der Waals surface area contributed by atoms with Gasteiger partial charge in [0.15, 0.2) is 11.6 Å².